The van der Waals surface area contributed by atoms with E-state index in [-0.39, 0.29) is 11.3 Å². The lowest BCUT2D eigenvalue weighted by Crippen LogP contribution is -2.12. The van der Waals surface area contributed by atoms with Crippen molar-refractivity contribution in [1.29, 1.82) is 0 Å². The van der Waals surface area contributed by atoms with Gasteiger partial charge in [0.25, 0.3) is 11.6 Å². The summed E-state index contributed by atoms with van der Waals surface area (Å²) in [5, 5.41) is 19.5. The number of amides is 1. The van der Waals surface area contributed by atoms with E-state index in [2.05, 4.69) is 15.6 Å². The maximum atomic E-state index is 12.3. The highest BCUT2D eigenvalue weighted by Crippen LogP contribution is 2.27. The van der Waals surface area contributed by atoms with E-state index in [0.29, 0.717) is 17.4 Å². The average Bonchev–Trinajstić information content (AvgIpc) is 3.05. The molecule has 1 heterocycles. The fraction of sp³-hybridized carbons (Fsp3) is 0.158. The molecule has 8 heteroatoms. The van der Waals surface area contributed by atoms with Crippen LogP contribution in [0.4, 0.5) is 16.5 Å². The molecule has 3 rings (SSSR count). The van der Waals surface area contributed by atoms with Crippen LogP contribution in [0.2, 0.25) is 0 Å². The molecule has 1 aromatic heterocycles. The number of aromatic nitrogens is 1. The Bertz CT molecular complexity index is 1000. The minimum absolute atomic E-state index is 0.147. The number of benzene rings is 2. The van der Waals surface area contributed by atoms with Crippen LogP contribution in [-0.4, -0.2) is 15.8 Å². The van der Waals surface area contributed by atoms with Gasteiger partial charge in [-0.15, -0.1) is 11.3 Å². The minimum Gasteiger partial charge on any atom is -0.375 e. The lowest BCUT2D eigenvalue weighted by Gasteiger charge is -2.10. The molecule has 0 unspecified atom stereocenters. The summed E-state index contributed by atoms with van der Waals surface area (Å²) in [6, 6.07) is 12.2. The van der Waals surface area contributed by atoms with Crippen molar-refractivity contribution in [3.8, 4) is 0 Å². The van der Waals surface area contributed by atoms with Crippen molar-refractivity contribution >= 4 is 33.8 Å². The number of hydrogen-bond donors (Lipinski definition) is 2. The van der Waals surface area contributed by atoms with Crippen LogP contribution in [0.1, 0.15) is 27.2 Å². The van der Waals surface area contributed by atoms with Gasteiger partial charge in [0.15, 0.2) is 5.13 Å². The highest BCUT2D eigenvalue weighted by molar-refractivity contribution is 7.13. The highest BCUT2D eigenvalue weighted by atomic mass is 32.1. The van der Waals surface area contributed by atoms with E-state index in [0.717, 1.165) is 16.8 Å². The number of carbonyl (C=O) groups excluding carboxylic acids is 1. The number of nitro benzene ring substituents is 1. The molecule has 0 atom stereocenters. The van der Waals surface area contributed by atoms with Gasteiger partial charge in [-0.05, 0) is 37.1 Å². The first-order chi connectivity index (χ1) is 12.9. The summed E-state index contributed by atoms with van der Waals surface area (Å²) in [6.07, 6.45) is 0. The van der Waals surface area contributed by atoms with Crippen LogP contribution in [0.5, 0.6) is 0 Å². The molecular formula is C19H18N4O3S. The van der Waals surface area contributed by atoms with E-state index in [9.17, 15) is 14.9 Å². The molecule has 3 aromatic rings. The molecule has 2 N–H and O–H groups in total. The third-order valence-corrected chi connectivity index (χ3v) is 4.90. The van der Waals surface area contributed by atoms with Gasteiger partial charge in [-0.3, -0.25) is 20.2 Å². The Kier molecular flexibility index (Phi) is 5.46. The van der Waals surface area contributed by atoms with E-state index in [4.69, 9.17) is 0 Å². The molecule has 0 fully saturated rings. The molecule has 7 nitrogen and oxygen atoms in total. The number of anilines is 2. The van der Waals surface area contributed by atoms with Crippen molar-refractivity contribution in [3.63, 3.8) is 0 Å². The summed E-state index contributed by atoms with van der Waals surface area (Å²) in [5.41, 5.74) is 3.37. The Morgan fingerprint density at radius 3 is 2.67 bits per heavy atom. The monoisotopic (exact) mass is 382 g/mol. The smallest absolute Gasteiger partial charge is 0.293 e. The number of carbonyl (C=O) groups is 1. The van der Waals surface area contributed by atoms with Crippen LogP contribution in [0, 0.1) is 24.0 Å². The third kappa shape index (κ3) is 4.48. The largest absolute Gasteiger partial charge is 0.375 e. The number of rotatable bonds is 6. The Balaban J connectivity index is 1.79. The standard InChI is InChI=1S/C19H18N4O3S/c1-12-5-3-4-6-15(12)10-20-16-8-7-14(9-17(16)23(25)26)18(24)22-19-21-13(2)11-27-19/h3-9,11,20H,10H2,1-2H3,(H,21,22,24). The lowest BCUT2D eigenvalue weighted by atomic mass is 10.1. The van der Waals surface area contributed by atoms with Gasteiger partial charge in [-0.25, -0.2) is 4.98 Å². The molecule has 0 saturated heterocycles. The summed E-state index contributed by atoms with van der Waals surface area (Å²) >= 11 is 1.30. The predicted molar refractivity (Wildman–Crippen MR) is 106 cm³/mol. The number of nitrogens with zero attached hydrogens (tertiary/aromatic N) is 2. The number of hydrogen-bond acceptors (Lipinski definition) is 6. The van der Waals surface area contributed by atoms with Crippen molar-refractivity contribution in [1.82, 2.24) is 4.98 Å². The summed E-state index contributed by atoms with van der Waals surface area (Å²) < 4.78 is 0. The summed E-state index contributed by atoms with van der Waals surface area (Å²) in [5.74, 6) is -0.432. The fourth-order valence-electron chi connectivity index (χ4n) is 2.55. The Labute approximate surface area is 160 Å². The Hall–Kier alpha value is -3.26. The van der Waals surface area contributed by atoms with Crippen molar-refractivity contribution < 1.29 is 9.72 Å². The van der Waals surface area contributed by atoms with Gasteiger partial charge in [0.1, 0.15) is 5.69 Å². The second-order valence-electron chi connectivity index (χ2n) is 6.02. The normalized spacial score (nSPS) is 10.4. The van der Waals surface area contributed by atoms with E-state index >= 15 is 0 Å². The highest BCUT2D eigenvalue weighted by Gasteiger charge is 2.18. The van der Waals surface area contributed by atoms with Crippen molar-refractivity contribution in [2.24, 2.45) is 0 Å². The SMILES string of the molecule is Cc1csc(NC(=O)c2ccc(NCc3ccccc3C)c([N+](=O)[O-])c2)n1. The lowest BCUT2D eigenvalue weighted by molar-refractivity contribution is -0.384. The Morgan fingerprint density at radius 2 is 2.00 bits per heavy atom. The van der Waals surface area contributed by atoms with Gasteiger partial charge >= 0.3 is 0 Å². The van der Waals surface area contributed by atoms with Crippen LogP contribution >= 0.6 is 11.3 Å². The minimum atomic E-state index is -0.496. The molecule has 2 aromatic carbocycles. The van der Waals surface area contributed by atoms with Gasteiger partial charge in [-0.2, -0.15) is 0 Å². The van der Waals surface area contributed by atoms with E-state index in [1.807, 2.05) is 43.5 Å². The first-order valence-electron chi connectivity index (χ1n) is 8.24. The van der Waals surface area contributed by atoms with Crippen LogP contribution in [-0.2, 0) is 6.54 Å². The molecule has 0 saturated carbocycles. The molecule has 0 radical (unpaired) electrons. The van der Waals surface area contributed by atoms with E-state index in [1.165, 1.54) is 17.4 Å². The third-order valence-electron chi connectivity index (χ3n) is 4.03. The Morgan fingerprint density at radius 1 is 1.22 bits per heavy atom. The zero-order valence-corrected chi connectivity index (χ0v) is 15.7. The van der Waals surface area contributed by atoms with Crippen LogP contribution in [0.15, 0.2) is 47.8 Å². The number of aryl methyl sites for hydroxylation is 2. The molecule has 0 spiro atoms. The first-order valence-corrected chi connectivity index (χ1v) is 9.12. The molecule has 0 aliphatic rings. The molecule has 0 aliphatic heterocycles. The maximum absolute atomic E-state index is 12.3. The van der Waals surface area contributed by atoms with Crippen LogP contribution < -0.4 is 10.6 Å². The average molecular weight is 382 g/mol. The summed E-state index contributed by atoms with van der Waals surface area (Å²) in [7, 11) is 0. The molecule has 0 bridgehead atoms. The maximum Gasteiger partial charge on any atom is 0.293 e. The summed E-state index contributed by atoms with van der Waals surface area (Å²) in [6.45, 7) is 4.27. The van der Waals surface area contributed by atoms with Gasteiger partial charge in [0, 0.05) is 23.6 Å². The number of nitro groups is 1. The number of thiazole rings is 1. The second-order valence-corrected chi connectivity index (χ2v) is 6.88. The van der Waals surface area contributed by atoms with Gasteiger partial charge in [0.2, 0.25) is 0 Å². The van der Waals surface area contributed by atoms with Gasteiger partial charge in [-0.1, -0.05) is 24.3 Å². The van der Waals surface area contributed by atoms with Crippen molar-refractivity contribution in [3.05, 3.63) is 80.3 Å². The fourth-order valence-corrected chi connectivity index (χ4v) is 3.24. The van der Waals surface area contributed by atoms with Crippen LogP contribution in [0.25, 0.3) is 0 Å². The summed E-state index contributed by atoms with van der Waals surface area (Å²) in [4.78, 5) is 27.5. The zero-order valence-electron chi connectivity index (χ0n) is 14.9. The second kappa shape index (κ2) is 7.96. The molecule has 1 amide bonds. The quantitative estimate of drug-likeness (QED) is 0.482. The van der Waals surface area contributed by atoms with Gasteiger partial charge in [0.05, 0.1) is 10.6 Å². The van der Waals surface area contributed by atoms with Crippen LogP contribution in [0.3, 0.4) is 0 Å². The van der Waals surface area contributed by atoms with Gasteiger partial charge < -0.3 is 5.32 Å². The topological polar surface area (TPSA) is 97.2 Å². The zero-order chi connectivity index (χ0) is 19.4. The predicted octanol–water partition coefficient (Wildman–Crippen LogP) is 4.53. The molecule has 138 valence electrons. The number of nitrogens with one attached hydrogen (secondary N) is 2. The van der Waals surface area contributed by atoms with E-state index in [1.54, 1.807) is 12.1 Å². The molecular weight excluding hydrogens is 364 g/mol. The molecule has 27 heavy (non-hydrogen) atoms. The van der Waals surface area contributed by atoms with Crippen molar-refractivity contribution in [2.45, 2.75) is 20.4 Å². The van der Waals surface area contributed by atoms with E-state index < -0.39 is 10.8 Å². The van der Waals surface area contributed by atoms with Crippen molar-refractivity contribution in [2.75, 3.05) is 10.6 Å². The molecule has 0 aliphatic carbocycles. The first kappa shape index (κ1) is 18.5.